The molecule has 5 rings (SSSR count). The lowest BCUT2D eigenvalue weighted by molar-refractivity contribution is 0.243. The molecule has 0 aliphatic heterocycles. The van der Waals surface area contributed by atoms with Crippen LogP contribution in [0.1, 0.15) is 5.89 Å². The minimum absolute atomic E-state index is 0.164. The lowest BCUT2D eigenvalue weighted by Crippen LogP contribution is -1.96. The number of H-pyrrole nitrogens is 1. The third kappa shape index (κ3) is 3.20. The van der Waals surface area contributed by atoms with E-state index in [0.717, 1.165) is 22.2 Å². The Kier molecular flexibility index (Phi) is 4.48. The van der Waals surface area contributed by atoms with E-state index in [1.54, 1.807) is 20.3 Å². The van der Waals surface area contributed by atoms with Crippen LogP contribution in [0.4, 0.5) is 0 Å². The molecule has 0 fully saturated rings. The standard InChI is InChI=1S/C23H19N3O4/c1-27-14-7-10-18(21(12-14)28-2)23-25-22(30-26-23)13-29-15-8-9-17-16-5-3-4-6-19(16)24-20(17)11-15/h3-12,24H,13H2,1-2H3. The lowest BCUT2D eigenvalue weighted by Gasteiger charge is -2.07. The number of ether oxygens (including phenoxy) is 3. The van der Waals surface area contributed by atoms with Gasteiger partial charge in [-0.25, -0.2) is 0 Å². The number of aromatic nitrogens is 3. The molecule has 0 aliphatic rings. The fraction of sp³-hybridized carbons (Fsp3) is 0.130. The van der Waals surface area contributed by atoms with Crippen LogP contribution in [0.3, 0.4) is 0 Å². The minimum Gasteiger partial charge on any atom is -0.497 e. The molecule has 0 saturated carbocycles. The molecule has 30 heavy (non-hydrogen) atoms. The monoisotopic (exact) mass is 401 g/mol. The maximum atomic E-state index is 5.87. The normalized spacial score (nSPS) is 11.1. The molecule has 7 heteroatoms. The first kappa shape index (κ1) is 18.1. The molecule has 0 saturated heterocycles. The van der Waals surface area contributed by atoms with E-state index in [4.69, 9.17) is 18.7 Å². The topological polar surface area (TPSA) is 82.4 Å². The molecule has 0 radical (unpaired) electrons. The average molecular weight is 401 g/mol. The number of nitrogens with zero attached hydrogens (tertiary/aromatic N) is 2. The fourth-order valence-corrected chi connectivity index (χ4v) is 3.47. The van der Waals surface area contributed by atoms with Gasteiger partial charge in [0, 0.05) is 28.4 Å². The number of hydrogen-bond donors (Lipinski definition) is 1. The summed E-state index contributed by atoms with van der Waals surface area (Å²) in [5, 5.41) is 6.39. The van der Waals surface area contributed by atoms with Crippen LogP contribution in [-0.2, 0) is 6.61 Å². The van der Waals surface area contributed by atoms with Crippen molar-refractivity contribution in [3.05, 3.63) is 66.6 Å². The molecule has 3 aromatic carbocycles. The Labute approximate surface area is 172 Å². The number of fused-ring (bicyclic) bond motifs is 3. The highest BCUT2D eigenvalue weighted by atomic mass is 16.5. The zero-order valence-electron chi connectivity index (χ0n) is 16.5. The summed E-state index contributed by atoms with van der Waals surface area (Å²) in [7, 11) is 3.19. The smallest absolute Gasteiger partial charge is 0.264 e. The van der Waals surface area contributed by atoms with Crippen LogP contribution in [0.25, 0.3) is 33.2 Å². The van der Waals surface area contributed by atoms with Gasteiger partial charge in [-0.1, -0.05) is 23.4 Å². The van der Waals surface area contributed by atoms with Crippen molar-refractivity contribution in [2.45, 2.75) is 6.61 Å². The van der Waals surface area contributed by atoms with Gasteiger partial charge in [0.15, 0.2) is 6.61 Å². The lowest BCUT2D eigenvalue weighted by atomic mass is 10.1. The number of nitrogens with one attached hydrogen (secondary N) is 1. The van der Waals surface area contributed by atoms with Crippen LogP contribution in [0, 0.1) is 0 Å². The summed E-state index contributed by atoms with van der Waals surface area (Å²) in [5.41, 5.74) is 2.83. The van der Waals surface area contributed by atoms with Gasteiger partial charge in [-0.3, -0.25) is 0 Å². The number of para-hydroxylation sites is 1. The molecule has 2 aromatic heterocycles. The first-order valence-electron chi connectivity index (χ1n) is 9.43. The molecule has 5 aromatic rings. The van der Waals surface area contributed by atoms with E-state index >= 15 is 0 Å². The van der Waals surface area contributed by atoms with Crippen LogP contribution < -0.4 is 14.2 Å². The van der Waals surface area contributed by atoms with Gasteiger partial charge >= 0.3 is 0 Å². The number of rotatable bonds is 6. The Morgan fingerprint density at radius 2 is 1.70 bits per heavy atom. The molecule has 0 bridgehead atoms. The molecule has 0 unspecified atom stereocenters. The summed E-state index contributed by atoms with van der Waals surface area (Å²) in [6.45, 7) is 0.164. The molecule has 1 N–H and O–H groups in total. The summed E-state index contributed by atoms with van der Waals surface area (Å²) in [6.07, 6.45) is 0. The largest absolute Gasteiger partial charge is 0.497 e. The van der Waals surface area contributed by atoms with E-state index in [2.05, 4.69) is 27.3 Å². The zero-order chi connectivity index (χ0) is 20.5. The summed E-state index contributed by atoms with van der Waals surface area (Å²) in [6, 6.07) is 19.6. The number of hydrogen-bond acceptors (Lipinski definition) is 6. The highest BCUT2D eigenvalue weighted by Gasteiger charge is 2.15. The van der Waals surface area contributed by atoms with Crippen molar-refractivity contribution in [1.82, 2.24) is 15.1 Å². The van der Waals surface area contributed by atoms with Crippen LogP contribution in [0.2, 0.25) is 0 Å². The predicted octanol–water partition coefficient (Wildman–Crippen LogP) is 4.97. The Bertz CT molecular complexity index is 1340. The number of aromatic amines is 1. The van der Waals surface area contributed by atoms with Gasteiger partial charge in [0.25, 0.3) is 5.89 Å². The van der Waals surface area contributed by atoms with Crippen LogP contribution >= 0.6 is 0 Å². The van der Waals surface area contributed by atoms with Gasteiger partial charge < -0.3 is 23.7 Å². The Morgan fingerprint density at radius 3 is 2.57 bits per heavy atom. The van der Waals surface area contributed by atoms with Crippen LogP contribution in [0.5, 0.6) is 17.2 Å². The summed E-state index contributed by atoms with van der Waals surface area (Å²) in [4.78, 5) is 7.83. The molecule has 0 amide bonds. The maximum Gasteiger partial charge on any atom is 0.264 e. The molecular formula is C23H19N3O4. The van der Waals surface area contributed by atoms with Crippen molar-refractivity contribution in [1.29, 1.82) is 0 Å². The molecule has 0 atom stereocenters. The third-order valence-electron chi connectivity index (χ3n) is 4.96. The average Bonchev–Trinajstić information content (AvgIpc) is 3.41. The van der Waals surface area contributed by atoms with Crippen molar-refractivity contribution < 1.29 is 18.7 Å². The molecule has 0 spiro atoms. The first-order valence-corrected chi connectivity index (χ1v) is 9.43. The molecule has 2 heterocycles. The van der Waals surface area contributed by atoms with Crippen LogP contribution in [-0.4, -0.2) is 29.3 Å². The van der Waals surface area contributed by atoms with Crippen molar-refractivity contribution in [2.75, 3.05) is 14.2 Å². The van der Waals surface area contributed by atoms with E-state index in [0.29, 0.717) is 28.8 Å². The highest BCUT2D eigenvalue weighted by molar-refractivity contribution is 6.07. The molecule has 0 aliphatic carbocycles. The Morgan fingerprint density at radius 1 is 0.867 bits per heavy atom. The zero-order valence-corrected chi connectivity index (χ0v) is 16.5. The maximum absolute atomic E-state index is 5.87. The third-order valence-corrected chi connectivity index (χ3v) is 4.96. The second kappa shape index (κ2) is 7.44. The van der Waals surface area contributed by atoms with Gasteiger partial charge in [-0.15, -0.1) is 0 Å². The summed E-state index contributed by atoms with van der Waals surface area (Å²) >= 11 is 0. The van der Waals surface area contributed by atoms with Gasteiger partial charge in [0.1, 0.15) is 17.2 Å². The van der Waals surface area contributed by atoms with Crippen molar-refractivity contribution in [2.24, 2.45) is 0 Å². The predicted molar refractivity (Wildman–Crippen MR) is 113 cm³/mol. The van der Waals surface area contributed by atoms with Crippen molar-refractivity contribution >= 4 is 21.8 Å². The van der Waals surface area contributed by atoms with E-state index in [1.807, 2.05) is 42.5 Å². The summed E-state index contributed by atoms with van der Waals surface area (Å²) < 4.78 is 21.9. The quantitative estimate of drug-likeness (QED) is 0.433. The van der Waals surface area contributed by atoms with Crippen molar-refractivity contribution in [3.63, 3.8) is 0 Å². The Hall–Kier alpha value is -4.00. The highest BCUT2D eigenvalue weighted by Crippen LogP contribution is 2.32. The fourth-order valence-electron chi connectivity index (χ4n) is 3.47. The van der Waals surface area contributed by atoms with Gasteiger partial charge in [-0.2, -0.15) is 4.98 Å². The van der Waals surface area contributed by atoms with E-state index in [1.165, 1.54) is 5.39 Å². The van der Waals surface area contributed by atoms with E-state index < -0.39 is 0 Å². The molecular weight excluding hydrogens is 382 g/mol. The second-order valence-electron chi connectivity index (χ2n) is 6.74. The Balaban J connectivity index is 1.35. The SMILES string of the molecule is COc1ccc(-c2noc(COc3ccc4c(c3)[nH]c3ccccc34)n2)c(OC)c1. The first-order chi connectivity index (χ1) is 14.7. The van der Waals surface area contributed by atoms with E-state index in [-0.39, 0.29) is 6.61 Å². The van der Waals surface area contributed by atoms with Gasteiger partial charge in [0.2, 0.25) is 5.82 Å². The van der Waals surface area contributed by atoms with Gasteiger partial charge in [0.05, 0.1) is 25.3 Å². The molecule has 7 nitrogen and oxygen atoms in total. The van der Waals surface area contributed by atoms with Gasteiger partial charge in [-0.05, 0) is 30.3 Å². The number of benzene rings is 3. The van der Waals surface area contributed by atoms with E-state index in [9.17, 15) is 0 Å². The molecule has 150 valence electrons. The second-order valence-corrected chi connectivity index (χ2v) is 6.74. The van der Waals surface area contributed by atoms with Crippen LogP contribution in [0.15, 0.2) is 65.2 Å². The van der Waals surface area contributed by atoms with Crippen molar-refractivity contribution in [3.8, 4) is 28.6 Å². The minimum atomic E-state index is 0.164. The number of methoxy groups -OCH3 is 2. The summed E-state index contributed by atoms with van der Waals surface area (Å²) in [5.74, 6) is 2.82.